The molecule has 1 saturated heterocycles. The van der Waals surface area contributed by atoms with Gasteiger partial charge in [-0.1, -0.05) is 29.8 Å². The average Bonchev–Trinajstić information content (AvgIpc) is 2.61. The van der Waals surface area contributed by atoms with Crippen LogP contribution in [-0.4, -0.2) is 38.6 Å². The summed E-state index contributed by atoms with van der Waals surface area (Å²) in [6, 6.07) is 13.7. The van der Waals surface area contributed by atoms with E-state index in [1.54, 1.807) is 0 Å². The van der Waals surface area contributed by atoms with Crippen LogP contribution in [0.3, 0.4) is 0 Å². The third kappa shape index (κ3) is 4.69. The number of nitrogens with zero attached hydrogens (tertiary/aromatic N) is 1. The molecular formula is C18H23ClN4O+2. The minimum absolute atomic E-state index is 0.0877. The van der Waals surface area contributed by atoms with Gasteiger partial charge in [0.05, 0.1) is 6.20 Å². The van der Waals surface area contributed by atoms with Gasteiger partial charge < -0.3 is 10.2 Å². The number of H-pyrrole nitrogens is 1. The van der Waals surface area contributed by atoms with Crippen molar-refractivity contribution in [2.24, 2.45) is 0 Å². The van der Waals surface area contributed by atoms with Gasteiger partial charge in [-0.25, -0.2) is 4.98 Å². The summed E-state index contributed by atoms with van der Waals surface area (Å²) in [6.45, 7) is 4.89. The molecule has 24 heavy (non-hydrogen) atoms. The lowest BCUT2D eigenvalue weighted by atomic mass is 10.2. The van der Waals surface area contributed by atoms with E-state index in [1.165, 1.54) is 4.90 Å². The highest BCUT2D eigenvalue weighted by molar-refractivity contribution is 6.30. The molecule has 3 rings (SSSR count). The second-order valence-electron chi connectivity index (χ2n) is 6.07. The van der Waals surface area contributed by atoms with Gasteiger partial charge in [0.2, 0.25) is 0 Å². The predicted octanol–water partition coefficient (Wildman–Crippen LogP) is 0.175. The van der Waals surface area contributed by atoms with Crippen LogP contribution < -0.4 is 20.1 Å². The van der Waals surface area contributed by atoms with Crippen molar-refractivity contribution < 1.29 is 14.7 Å². The number of nitrogens with one attached hydrogen (secondary N) is 3. The van der Waals surface area contributed by atoms with Gasteiger partial charge in [0.15, 0.2) is 6.54 Å². The Bertz CT molecular complexity index is 672. The second kappa shape index (κ2) is 8.13. The van der Waals surface area contributed by atoms with E-state index in [0.717, 1.165) is 37.6 Å². The number of amides is 1. The summed E-state index contributed by atoms with van der Waals surface area (Å²) in [5, 5.41) is 3.67. The van der Waals surface area contributed by atoms with Gasteiger partial charge in [-0.05, 0) is 23.8 Å². The molecule has 0 bridgehead atoms. The topological polar surface area (TPSA) is 50.9 Å². The highest BCUT2D eigenvalue weighted by Gasteiger charge is 2.26. The molecule has 5 nitrogen and oxygen atoms in total. The van der Waals surface area contributed by atoms with E-state index in [4.69, 9.17) is 11.6 Å². The van der Waals surface area contributed by atoms with Gasteiger partial charge in [0, 0.05) is 17.6 Å². The summed E-state index contributed by atoms with van der Waals surface area (Å²) in [6.07, 6.45) is 1.94. The summed E-state index contributed by atoms with van der Waals surface area (Å²) < 4.78 is 0. The maximum atomic E-state index is 12.1. The molecular weight excluding hydrogens is 324 g/mol. The van der Waals surface area contributed by atoms with E-state index >= 15 is 0 Å². The first kappa shape index (κ1) is 16.7. The van der Waals surface area contributed by atoms with Crippen LogP contribution in [0.15, 0.2) is 48.7 Å². The molecule has 2 heterocycles. The summed E-state index contributed by atoms with van der Waals surface area (Å²) in [7, 11) is 0. The van der Waals surface area contributed by atoms with E-state index in [0.29, 0.717) is 18.1 Å². The molecule has 1 aromatic carbocycles. The van der Waals surface area contributed by atoms with Crippen LogP contribution in [0, 0.1) is 0 Å². The number of quaternary nitrogens is 1. The molecule has 126 valence electrons. The number of aromatic nitrogens is 1. The van der Waals surface area contributed by atoms with Gasteiger partial charge in [0.25, 0.3) is 11.7 Å². The SMILES string of the molecule is O=C(C[NH+]1CCN(c2cccc[nH+]2)CC1)NCc1cccc(Cl)c1. The quantitative estimate of drug-likeness (QED) is 0.811. The van der Waals surface area contributed by atoms with Gasteiger partial charge in [0.1, 0.15) is 26.2 Å². The number of hydrogen-bond acceptors (Lipinski definition) is 2. The number of carbonyl (C=O) groups excluding carboxylic acids is 1. The molecule has 0 aliphatic carbocycles. The number of halogens is 1. The minimum atomic E-state index is 0.0877. The number of piperazine rings is 1. The molecule has 1 fully saturated rings. The fourth-order valence-electron chi connectivity index (χ4n) is 2.96. The molecule has 1 aliphatic heterocycles. The second-order valence-corrected chi connectivity index (χ2v) is 6.50. The molecule has 3 N–H and O–H groups in total. The Labute approximate surface area is 147 Å². The van der Waals surface area contributed by atoms with Gasteiger partial charge in [-0.3, -0.25) is 9.69 Å². The maximum Gasteiger partial charge on any atom is 0.275 e. The molecule has 0 unspecified atom stereocenters. The van der Waals surface area contributed by atoms with Crippen LogP contribution in [0.25, 0.3) is 0 Å². The molecule has 0 spiro atoms. The van der Waals surface area contributed by atoms with Crippen molar-refractivity contribution in [3.05, 3.63) is 59.2 Å². The van der Waals surface area contributed by atoms with E-state index < -0.39 is 0 Å². The standard InChI is InChI=1S/C18H21ClN4O/c19-16-5-3-4-15(12-16)13-21-18(24)14-22-8-10-23(11-9-22)17-6-1-2-7-20-17/h1-7,12H,8-11,13-14H2,(H,21,24)/p+2. The number of aromatic amines is 1. The fourth-order valence-corrected chi connectivity index (χ4v) is 3.17. The zero-order chi connectivity index (χ0) is 16.8. The molecule has 0 atom stereocenters. The lowest BCUT2D eigenvalue weighted by molar-refractivity contribution is -0.892. The Kier molecular flexibility index (Phi) is 5.67. The van der Waals surface area contributed by atoms with Gasteiger partial charge >= 0.3 is 0 Å². The summed E-state index contributed by atoms with van der Waals surface area (Å²) in [5.74, 6) is 1.23. The van der Waals surface area contributed by atoms with Crippen LogP contribution in [0.1, 0.15) is 5.56 Å². The average molecular weight is 347 g/mol. The molecule has 1 aliphatic rings. The highest BCUT2D eigenvalue weighted by atomic mass is 35.5. The highest BCUT2D eigenvalue weighted by Crippen LogP contribution is 2.10. The zero-order valence-corrected chi connectivity index (χ0v) is 14.4. The van der Waals surface area contributed by atoms with E-state index in [-0.39, 0.29) is 5.91 Å². The molecule has 6 heteroatoms. The number of carbonyl (C=O) groups is 1. The van der Waals surface area contributed by atoms with Gasteiger partial charge in [-0.2, -0.15) is 0 Å². The number of anilines is 1. The van der Waals surface area contributed by atoms with Crippen LogP contribution in [-0.2, 0) is 11.3 Å². The van der Waals surface area contributed by atoms with Crippen molar-refractivity contribution in [3.8, 4) is 0 Å². The predicted molar refractivity (Wildman–Crippen MR) is 94.1 cm³/mol. The lowest BCUT2D eigenvalue weighted by Gasteiger charge is -2.27. The van der Waals surface area contributed by atoms with Crippen LogP contribution in [0.2, 0.25) is 5.02 Å². The van der Waals surface area contributed by atoms with Crippen molar-refractivity contribution in [1.29, 1.82) is 0 Å². The number of pyridine rings is 1. The Morgan fingerprint density at radius 2 is 2.04 bits per heavy atom. The lowest BCUT2D eigenvalue weighted by Crippen LogP contribution is -3.16. The third-order valence-electron chi connectivity index (χ3n) is 4.29. The van der Waals surface area contributed by atoms with Gasteiger partial charge in [-0.15, -0.1) is 0 Å². The molecule has 0 radical (unpaired) electrons. The Morgan fingerprint density at radius 1 is 1.21 bits per heavy atom. The van der Waals surface area contributed by atoms with Crippen molar-refractivity contribution in [3.63, 3.8) is 0 Å². The summed E-state index contributed by atoms with van der Waals surface area (Å²) in [5.41, 5.74) is 1.02. The first-order chi connectivity index (χ1) is 11.7. The molecule has 1 amide bonds. The number of benzene rings is 1. The fraction of sp³-hybridized carbons (Fsp3) is 0.333. The first-order valence-corrected chi connectivity index (χ1v) is 8.65. The summed E-state index contributed by atoms with van der Waals surface area (Å²) in [4.78, 5) is 19.1. The van der Waals surface area contributed by atoms with Crippen LogP contribution in [0.4, 0.5) is 5.82 Å². The smallest absolute Gasteiger partial charge is 0.275 e. The zero-order valence-electron chi connectivity index (χ0n) is 13.6. The van der Waals surface area contributed by atoms with Crippen LogP contribution in [0.5, 0.6) is 0 Å². The van der Waals surface area contributed by atoms with Crippen molar-refractivity contribution in [1.82, 2.24) is 5.32 Å². The Morgan fingerprint density at radius 3 is 2.75 bits per heavy atom. The number of rotatable bonds is 5. The molecule has 2 aromatic rings. The monoisotopic (exact) mass is 346 g/mol. The van der Waals surface area contributed by atoms with E-state index in [9.17, 15) is 4.79 Å². The first-order valence-electron chi connectivity index (χ1n) is 8.27. The normalized spacial score (nSPS) is 15.3. The Hall–Kier alpha value is -2.11. The third-order valence-corrected chi connectivity index (χ3v) is 4.53. The minimum Gasteiger partial charge on any atom is -0.347 e. The van der Waals surface area contributed by atoms with Crippen molar-refractivity contribution in [2.75, 3.05) is 37.6 Å². The summed E-state index contributed by atoms with van der Waals surface area (Å²) >= 11 is 5.96. The number of hydrogen-bond donors (Lipinski definition) is 2. The van der Waals surface area contributed by atoms with E-state index in [2.05, 4.69) is 21.3 Å². The maximum absolute atomic E-state index is 12.1. The van der Waals surface area contributed by atoms with Crippen molar-refractivity contribution >= 4 is 23.3 Å². The van der Waals surface area contributed by atoms with Crippen LogP contribution >= 0.6 is 11.6 Å². The van der Waals surface area contributed by atoms with Crippen molar-refractivity contribution in [2.45, 2.75) is 6.54 Å². The molecule has 1 aromatic heterocycles. The molecule has 0 saturated carbocycles. The largest absolute Gasteiger partial charge is 0.347 e. The Balaban J connectivity index is 1.42. The van der Waals surface area contributed by atoms with E-state index in [1.807, 2.05) is 42.6 Å².